The van der Waals surface area contributed by atoms with Gasteiger partial charge in [0, 0.05) is 50.5 Å². The number of aromatic nitrogens is 5. The molecular formula is C40H48N10O5. The second-order valence-electron chi connectivity index (χ2n) is 13.8. The molecule has 0 aliphatic carbocycles. The Hall–Kier alpha value is -6.14. The predicted molar refractivity (Wildman–Crippen MR) is 209 cm³/mol. The number of rotatable bonds is 15. The molecule has 1 amide bonds. The van der Waals surface area contributed by atoms with E-state index in [1.807, 2.05) is 66.4 Å². The van der Waals surface area contributed by atoms with Crippen molar-refractivity contribution in [1.82, 2.24) is 29.5 Å². The Kier molecular flexibility index (Phi) is 12.2. The van der Waals surface area contributed by atoms with E-state index in [1.54, 1.807) is 31.1 Å². The van der Waals surface area contributed by atoms with Crippen LogP contribution in [0.3, 0.4) is 0 Å². The zero-order valence-electron chi connectivity index (χ0n) is 31.9. The highest BCUT2D eigenvalue weighted by atomic mass is 16.5. The number of methoxy groups -OCH3 is 2. The third-order valence-corrected chi connectivity index (χ3v) is 9.86. The van der Waals surface area contributed by atoms with Crippen molar-refractivity contribution in [2.45, 2.75) is 71.3 Å². The van der Waals surface area contributed by atoms with Crippen LogP contribution in [0.5, 0.6) is 11.5 Å². The monoisotopic (exact) mass is 748 g/mol. The van der Waals surface area contributed by atoms with Crippen molar-refractivity contribution in [2.75, 3.05) is 49.0 Å². The summed E-state index contributed by atoms with van der Waals surface area (Å²) in [4.78, 5) is 31.8. The fourth-order valence-corrected chi connectivity index (χ4v) is 7.00. The zero-order chi connectivity index (χ0) is 39.1. The Bertz CT molecular complexity index is 2070. The van der Waals surface area contributed by atoms with Gasteiger partial charge in [0.25, 0.3) is 0 Å². The van der Waals surface area contributed by atoms with Crippen molar-refractivity contribution in [3.05, 3.63) is 94.9 Å². The minimum absolute atomic E-state index is 0.0858. The average Bonchev–Trinajstić information content (AvgIpc) is 3.61. The topological polar surface area (TPSA) is 178 Å². The highest BCUT2D eigenvalue weighted by Crippen LogP contribution is 2.31. The molecule has 3 N–H and O–H groups in total. The third kappa shape index (κ3) is 8.81. The van der Waals surface area contributed by atoms with Gasteiger partial charge in [-0.25, -0.2) is 19.3 Å². The number of carbonyl (C=O) groups is 1. The second kappa shape index (κ2) is 17.3. The summed E-state index contributed by atoms with van der Waals surface area (Å²) in [6, 6.07) is 19.4. The van der Waals surface area contributed by atoms with Crippen LogP contribution in [-0.4, -0.2) is 91.7 Å². The van der Waals surface area contributed by atoms with Crippen molar-refractivity contribution in [1.29, 1.82) is 5.26 Å². The molecule has 3 atom stereocenters. The summed E-state index contributed by atoms with van der Waals surface area (Å²) in [5.41, 5.74) is 4.35. The summed E-state index contributed by atoms with van der Waals surface area (Å²) in [6.45, 7) is 8.17. The molecule has 1 unspecified atom stereocenters. The molecule has 0 spiro atoms. The van der Waals surface area contributed by atoms with E-state index in [4.69, 9.17) is 29.5 Å². The number of hydrogen-bond acceptors (Lipinski definition) is 12. The first-order valence-electron chi connectivity index (χ1n) is 18.4. The number of nitriles is 1. The van der Waals surface area contributed by atoms with E-state index < -0.39 is 18.2 Å². The van der Waals surface area contributed by atoms with Crippen LogP contribution >= 0.6 is 0 Å². The van der Waals surface area contributed by atoms with Gasteiger partial charge in [0.2, 0.25) is 5.95 Å². The number of nitrogens with one attached hydrogen (secondary N) is 1. The fourth-order valence-electron chi connectivity index (χ4n) is 7.00. The van der Waals surface area contributed by atoms with Gasteiger partial charge in [-0.2, -0.15) is 10.2 Å². The van der Waals surface area contributed by atoms with Crippen LogP contribution in [0.15, 0.2) is 67.0 Å². The number of anilines is 3. The number of aliphatic hydroxyl groups excluding tert-OH is 1. The van der Waals surface area contributed by atoms with Crippen LogP contribution in [0.25, 0.3) is 5.65 Å². The first-order valence-corrected chi connectivity index (χ1v) is 18.4. The number of benzene rings is 2. The summed E-state index contributed by atoms with van der Waals surface area (Å²) in [5.74, 6) is 3.19. The molecule has 0 bridgehead atoms. The maximum Gasteiger partial charge on any atom is 0.407 e. The van der Waals surface area contributed by atoms with Crippen LogP contribution < -0.4 is 24.6 Å². The largest absolute Gasteiger partial charge is 0.497 e. The van der Waals surface area contributed by atoms with Crippen LogP contribution in [0.1, 0.15) is 67.2 Å². The van der Waals surface area contributed by atoms with Gasteiger partial charge in [-0.3, -0.25) is 0 Å². The lowest BCUT2D eigenvalue weighted by Crippen LogP contribution is -2.55. The fraction of sp³-hybridized carbons (Fsp3) is 0.400. The van der Waals surface area contributed by atoms with Crippen LogP contribution in [-0.2, 0) is 13.1 Å². The highest BCUT2D eigenvalue weighted by molar-refractivity contribution is 5.67. The highest BCUT2D eigenvalue weighted by Gasteiger charge is 2.32. The van der Waals surface area contributed by atoms with Crippen LogP contribution in [0.4, 0.5) is 22.4 Å². The molecule has 0 radical (unpaired) electrons. The summed E-state index contributed by atoms with van der Waals surface area (Å²) < 4.78 is 12.5. The number of aryl methyl sites for hydroxylation is 1. The Morgan fingerprint density at radius 2 is 1.69 bits per heavy atom. The van der Waals surface area contributed by atoms with Gasteiger partial charge in [0.15, 0.2) is 11.5 Å². The van der Waals surface area contributed by atoms with Gasteiger partial charge in [-0.15, -0.1) is 5.10 Å². The zero-order valence-corrected chi connectivity index (χ0v) is 31.9. The molecule has 1 fully saturated rings. The number of amides is 1. The molecule has 15 heteroatoms. The maximum absolute atomic E-state index is 11.9. The Labute approximate surface area is 320 Å². The number of hydrogen-bond donors (Lipinski definition) is 3. The first-order chi connectivity index (χ1) is 26.6. The van der Waals surface area contributed by atoms with E-state index in [2.05, 4.69) is 30.1 Å². The van der Waals surface area contributed by atoms with E-state index in [-0.39, 0.29) is 19.0 Å². The predicted octanol–water partition coefficient (Wildman–Crippen LogP) is 5.82. The minimum Gasteiger partial charge on any atom is -0.497 e. The van der Waals surface area contributed by atoms with Crippen LogP contribution in [0.2, 0.25) is 0 Å². The number of nitrogens with zero attached hydrogens (tertiary/aromatic N) is 9. The van der Waals surface area contributed by atoms with E-state index in [1.165, 1.54) is 4.90 Å². The van der Waals surface area contributed by atoms with Crippen molar-refractivity contribution >= 4 is 29.3 Å². The Morgan fingerprint density at radius 1 is 1.04 bits per heavy atom. The molecule has 1 aliphatic rings. The Balaban J connectivity index is 1.38. The summed E-state index contributed by atoms with van der Waals surface area (Å²) in [6.07, 6.45) is 3.06. The van der Waals surface area contributed by atoms with Crippen molar-refractivity contribution in [3.8, 4) is 17.6 Å². The van der Waals surface area contributed by atoms with Gasteiger partial charge in [-0.05, 0) is 67.3 Å². The molecule has 1 aliphatic heterocycles. The van der Waals surface area contributed by atoms with E-state index in [9.17, 15) is 20.3 Å². The quantitative estimate of drug-likeness (QED) is 0.117. The number of carboxylic acid groups (broad SMARTS) is 1. The molecule has 6 rings (SSSR count). The second-order valence-corrected chi connectivity index (χ2v) is 13.8. The van der Waals surface area contributed by atoms with Gasteiger partial charge in [0.1, 0.15) is 23.4 Å². The van der Waals surface area contributed by atoms with Gasteiger partial charge < -0.3 is 39.7 Å². The SMILES string of the molecule is CCC[C@H](C)Nc1nc(N(Cc2ccc(OC)cc2)Cc2ccc(OC)cc2)c2ncc(C(O)c3cnc(N4CCN(C(=O)O)[C@@H](CC#N)C4)c(C)c3)n2n1. The van der Waals surface area contributed by atoms with Gasteiger partial charge in [0.05, 0.1) is 44.6 Å². The summed E-state index contributed by atoms with van der Waals surface area (Å²) >= 11 is 0. The number of aliphatic hydroxyl groups is 1. The van der Waals surface area contributed by atoms with Gasteiger partial charge in [-0.1, -0.05) is 37.6 Å². The standard InChI is InChI=1S/C40H48N10O5/c1-6-7-27(3)44-39-45-38(48(23-28-8-12-32(54-4)13-9-28)24-29-10-14-33(55-5)15-11-29)37-43-22-34(50(37)46-39)35(51)30-20-26(2)36(42-21-30)47-18-19-49(40(52)53)31(25-47)16-17-41/h8-15,20-22,27,31,35,51H,6-7,16,18-19,23-25H2,1-5H3,(H,44,46)(H,52,53)/t27-,31-,35?/m0/s1. The molecule has 55 heavy (non-hydrogen) atoms. The summed E-state index contributed by atoms with van der Waals surface area (Å²) in [5, 5.41) is 39.2. The minimum atomic E-state index is -1.13. The summed E-state index contributed by atoms with van der Waals surface area (Å²) in [7, 11) is 3.29. The number of ether oxygens (including phenoxy) is 2. The van der Waals surface area contributed by atoms with E-state index in [0.29, 0.717) is 60.7 Å². The first kappa shape index (κ1) is 38.6. The van der Waals surface area contributed by atoms with E-state index >= 15 is 0 Å². The lowest BCUT2D eigenvalue weighted by Gasteiger charge is -2.40. The Morgan fingerprint density at radius 3 is 2.25 bits per heavy atom. The van der Waals surface area contributed by atoms with E-state index in [0.717, 1.165) is 41.0 Å². The average molecular weight is 749 g/mol. The molecule has 288 valence electrons. The molecule has 0 saturated carbocycles. The molecular weight excluding hydrogens is 701 g/mol. The maximum atomic E-state index is 11.9. The van der Waals surface area contributed by atoms with Crippen molar-refractivity contribution in [3.63, 3.8) is 0 Å². The number of piperazine rings is 1. The van der Waals surface area contributed by atoms with Gasteiger partial charge >= 0.3 is 6.09 Å². The molecule has 5 aromatic rings. The smallest absolute Gasteiger partial charge is 0.407 e. The van der Waals surface area contributed by atoms with Crippen molar-refractivity contribution < 1.29 is 24.5 Å². The lowest BCUT2D eigenvalue weighted by molar-refractivity contribution is 0.119. The molecule has 1 saturated heterocycles. The third-order valence-electron chi connectivity index (χ3n) is 9.86. The van der Waals surface area contributed by atoms with Crippen LogP contribution in [0, 0.1) is 18.3 Å². The molecule has 4 heterocycles. The number of imidazole rings is 1. The normalized spacial score (nSPS) is 15.3. The molecule has 3 aromatic heterocycles. The lowest BCUT2D eigenvalue weighted by atomic mass is 10.1. The number of pyridine rings is 1. The molecule has 15 nitrogen and oxygen atoms in total. The number of fused-ring (bicyclic) bond motifs is 1. The van der Waals surface area contributed by atoms with Crippen molar-refractivity contribution in [2.24, 2.45) is 0 Å². The molecule has 2 aromatic carbocycles.